The van der Waals surface area contributed by atoms with Crippen LogP contribution in [-0.2, 0) is 20.5 Å². The summed E-state index contributed by atoms with van der Waals surface area (Å²) in [7, 11) is -0.304. The van der Waals surface area contributed by atoms with Crippen molar-refractivity contribution in [1.82, 2.24) is 5.32 Å². The number of carbonyl (C=O) groups excluding carboxylic acids is 1. The van der Waals surface area contributed by atoms with Gasteiger partial charge in [-0.15, -0.1) is 0 Å². The van der Waals surface area contributed by atoms with Gasteiger partial charge in [0.15, 0.2) is 6.04 Å². The van der Waals surface area contributed by atoms with Gasteiger partial charge in [0.2, 0.25) is 0 Å². The number of hydrogen-bond acceptors (Lipinski definition) is 4. The summed E-state index contributed by atoms with van der Waals surface area (Å²) in [5.74, 6) is 1.31. The summed E-state index contributed by atoms with van der Waals surface area (Å²) in [4.78, 5) is 12.7. The van der Waals surface area contributed by atoms with Gasteiger partial charge in [0.05, 0.1) is 11.7 Å². The van der Waals surface area contributed by atoms with Crippen LogP contribution in [0, 0.1) is 17.3 Å². The van der Waals surface area contributed by atoms with Crippen LogP contribution in [0.4, 0.5) is 0 Å². The van der Waals surface area contributed by atoms with E-state index in [9.17, 15) is 4.79 Å². The molecule has 1 unspecified atom stereocenters. The fourth-order valence-electron chi connectivity index (χ4n) is 6.33. The third-order valence-electron chi connectivity index (χ3n) is 8.61. The highest BCUT2D eigenvalue weighted by Crippen LogP contribution is 2.66. The lowest BCUT2D eigenvalue weighted by atomic mass is 9.43. The Hall–Kier alpha value is -1.12. The minimum Gasteiger partial charge on any atom is -1.00 e. The molecule has 4 aliphatic rings. The third-order valence-corrected chi connectivity index (χ3v) is 8.61. The fourth-order valence-corrected chi connectivity index (χ4v) is 6.33. The van der Waals surface area contributed by atoms with Gasteiger partial charge in [-0.25, -0.2) is 0 Å². The van der Waals surface area contributed by atoms with Crippen LogP contribution >= 0.6 is 0 Å². The second-order valence-electron chi connectivity index (χ2n) is 11.0. The van der Waals surface area contributed by atoms with E-state index >= 15 is 0 Å². The molecule has 1 heterocycles. The largest absolute Gasteiger partial charge is 1.00 e. The van der Waals surface area contributed by atoms with E-state index in [0.717, 1.165) is 38.0 Å². The quantitative estimate of drug-likeness (QED) is 0.303. The summed E-state index contributed by atoms with van der Waals surface area (Å²) in [5.41, 5.74) is 10.9. The normalized spacial score (nSPS) is 31.1. The van der Waals surface area contributed by atoms with Gasteiger partial charge in [-0.05, 0) is 68.4 Å². The van der Waals surface area contributed by atoms with E-state index in [1.54, 1.807) is 0 Å². The van der Waals surface area contributed by atoms with Crippen molar-refractivity contribution in [1.29, 1.82) is 0 Å². The van der Waals surface area contributed by atoms with Crippen molar-refractivity contribution >= 4 is 13.0 Å². The highest BCUT2D eigenvalue weighted by atomic mass is 35.5. The molecule has 6 atom stereocenters. The van der Waals surface area contributed by atoms with Crippen molar-refractivity contribution < 1.29 is 32.2 Å². The van der Waals surface area contributed by atoms with Gasteiger partial charge in [-0.1, -0.05) is 44.2 Å². The summed E-state index contributed by atoms with van der Waals surface area (Å²) in [6.07, 6.45) is 5.89. The van der Waals surface area contributed by atoms with Crippen LogP contribution in [0.5, 0.6) is 0 Å². The van der Waals surface area contributed by atoms with Gasteiger partial charge in [-0.2, -0.15) is 0 Å². The molecule has 0 radical (unpaired) electrons. The van der Waals surface area contributed by atoms with Crippen LogP contribution < -0.4 is 29.2 Å². The lowest BCUT2D eigenvalue weighted by Gasteiger charge is -2.64. The first-order chi connectivity index (χ1) is 15.3. The van der Waals surface area contributed by atoms with Crippen LogP contribution in [0.1, 0.15) is 58.4 Å². The van der Waals surface area contributed by atoms with Gasteiger partial charge in [0, 0.05) is 18.8 Å². The maximum Gasteiger partial charge on any atom is 0.463 e. The standard InChI is InChI=1S/C25H40BN3O3.ClH/c1-24(2)18-14-21(24)25(3)22(15-18)31-26(32-25)19(13-17-9-5-4-6-10-17)16-29-23(30)20(28)11-7-8-12-27;/h4-6,9-10,18-22H,7-8,11-16,27-28H2,1-3H3,(H,29,30);1H/t18-,19?,20+,21-,22+,25-;/m1./s1. The molecule has 5 rings (SSSR count). The molecule has 1 saturated heterocycles. The summed E-state index contributed by atoms with van der Waals surface area (Å²) < 4.78 is 13.3. The number of nitrogens with two attached hydrogens (primary N) is 1. The highest BCUT2D eigenvalue weighted by Gasteiger charge is 2.68. The van der Waals surface area contributed by atoms with Crippen molar-refractivity contribution in [3.05, 3.63) is 35.9 Å². The topological polar surface area (TPSA) is 101 Å². The number of unbranched alkanes of at least 4 members (excludes halogenated alkanes) is 1. The lowest BCUT2D eigenvalue weighted by molar-refractivity contribution is -0.405. The van der Waals surface area contributed by atoms with Gasteiger partial charge in [0.25, 0.3) is 5.91 Å². The number of rotatable bonds is 10. The molecular formula is C25H41BClN3O3. The molecule has 3 saturated carbocycles. The molecule has 0 aromatic heterocycles. The predicted molar refractivity (Wildman–Crippen MR) is 127 cm³/mol. The van der Waals surface area contributed by atoms with E-state index in [-0.39, 0.29) is 49.0 Å². The second-order valence-corrected chi connectivity index (χ2v) is 11.0. The van der Waals surface area contributed by atoms with E-state index in [0.29, 0.717) is 24.4 Å². The monoisotopic (exact) mass is 477 g/mol. The lowest BCUT2D eigenvalue weighted by Crippen LogP contribution is -3.00. The Balaban J connectivity index is 0.00000306. The fraction of sp³-hybridized carbons (Fsp3) is 0.720. The Kier molecular flexibility index (Phi) is 8.55. The maximum atomic E-state index is 12.7. The molecule has 1 aromatic carbocycles. The zero-order chi connectivity index (χ0) is 22.9. The smallest absolute Gasteiger partial charge is 0.463 e. The molecule has 2 bridgehead atoms. The Labute approximate surface area is 205 Å². The van der Waals surface area contributed by atoms with Crippen LogP contribution in [-0.4, -0.2) is 43.9 Å². The summed E-state index contributed by atoms with van der Waals surface area (Å²) in [5, 5.41) is 3.15. The van der Waals surface area contributed by atoms with Crippen LogP contribution in [0.15, 0.2) is 30.3 Å². The molecule has 8 heteroatoms. The first-order valence-corrected chi connectivity index (χ1v) is 12.4. The molecule has 0 spiro atoms. The Morgan fingerprint density at radius 1 is 1.24 bits per heavy atom. The Morgan fingerprint density at radius 3 is 2.64 bits per heavy atom. The minimum atomic E-state index is -0.304. The molecule has 3 aliphatic carbocycles. The van der Waals surface area contributed by atoms with Crippen LogP contribution in [0.3, 0.4) is 0 Å². The summed E-state index contributed by atoms with van der Waals surface area (Å²) in [6.45, 7) is 8.19. The molecule has 1 aromatic rings. The van der Waals surface area contributed by atoms with Crippen molar-refractivity contribution in [2.75, 3.05) is 13.1 Å². The van der Waals surface area contributed by atoms with E-state index in [4.69, 9.17) is 15.0 Å². The van der Waals surface area contributed by atoms with Crippen molar-refractivity contribution in [2.24, 2.45) is 23.0 Å². The Bertz CT molecular complexity index is 798. The predicted octanol–water partition coefficient (Wildman–Crippen LogP) is -0.813. The molecule has 4 fully saturated rings. The van der Waals surface area contributed by atoms with E-state index in [2.05, 4.69) is 56.1 Å². The average molecular weight is 478 g/mol. The third kappa shape index (κ3) is 5.28. The molecule has 1 aliphatic heterocycles. The highest BCUT2D eigenvalue weighted by molar-refractivity contribution is 6.47. The van der Waals surface area contributed by atoms with Crippen molar-refractivity contribution in [3.63, 3.8) is 0 Å². The zero-order valence-electron chi connectivity index (χ0n) is 20.4. The van der Waals surface area contributed by atoms with Crippen molar-refractivity contribution in [2.45, 2.75) is 82.9 Å². The molecular weight excluding hydrogens is 437 g/mol. The first-order valence-electron chi connectivity index (χ1n) is 12.4. The van der Waals surface area contributed by atoms with Gasteiger partial charge >= 0.3 is 7.12 Å². The van der Waals surface area contributed by atoms with Gasteiger partial charge < -0.3 is 38.5 Å². The molecule has 1 amide bonds. The number of benzene rings is 1. The Morgan fingerprint density at radius 2 is 1.97 bits per heavy atom. The second kappa shape index (κ2) is 10.7. The summed E-state index contributed by atoms with van der Waals surface area (Å²) >= 11 is 0. The summed E-state index contributed by atoms with van der Waals surface area (Å²) in [6, 6.07) is 10.2. The zero-order valence-corrected chi connectivity index (χ0v) is 21.2. The molecule has 6 N–H and O–H groups in total. The van der Waals surface area contributed by atoms with E-state index in [1.807, 2.05) is 6.07 Å². The molecule has 184 valence electrons. The van der Waals surface area contributed by atoms with E-state index in [1.165, 1.54) is 12.0 Å². The maximum absolute atomic E-state index is 12.7. The number of hydrogen-bond donors (Lipinski definition) is 3. The van der Waals surface area contributed by atoms with Gasteiger partial charge in [-0.3, -0.25) is 4.79 Å². The number of halogens is 1. The number of nitrogens with one attached hydrogen (secondary N) is 1. The minimum absolute atomic E-state index is 0. The van der Waals surface area contributed by atoms with Crippen LogP contribution in [0.25, 0.3) is 0 Å². The van der Waals surface area contributed by atoms with Crippen LogP contribution in [0.2, 0.25) is 5.82 Å². The van der Waals surface area contributed by atoms with E-state index < -0.39 is 0 Å². The number of amides is 1. The van der Waals surface area contributed by atoms with Gasteiger partial charge in [0.1, 0.15) is 0 Å². The first kappa shape index (κ1) is 26.5. The average Bonchev–Trinajstić information content (AvgIpc) is 3.14. The SMILES string of the molecule is CC1(C)[C@H]2C[C@@H]3OB(C(CNC(=O)[C@@H]([NH3+])CCCCN)Cc4ccccc4)O[C@]3(C)[C@@H]1C2.[Cl-]. The number of carbonyl (C=O) groups is 1. The number of quaternary nitrogens is 1. The van der Waals surface area contributed by atoms with Crippen molar-refractivity contribution in [3.8, 4) is 0 Å². The molecule has 33 heavy (non-hydrogen) atoms. The molecule has 6 nitrogen and oxygen atoms in total.